The minimum Gasteiger partial charge on any atom is -0.354 e. The van der Waals surface area contributed by atoms with Crippen LogP contribution < -0.4 is 10.6 Å². The Hall–Kier alpha value is -2.62. The summed E-state index contributed by atoms with van der Waals surface area (Å²) in [4.78, 5) is 24.7. The molecule has 1 unspecified atom stereocenters. The average Bonchev–Trinajstić information content (AvgIpc) is 2.64. The lowest BCUT2D eigenvalue weighted by Gasteiger charge is -2.21. The normalized spacial score (nSPS) is 11.8. The van der Waals surface area contributed by atoms with E-state index in [1.807, 2.05) is 50.2 Å². The zero-order valence-electron chi connectivity index (χ0n) is 14.9. The van der Waals surface area contributed by atoms with Gasteiger partial charge in [-0.25, -0.2) is 0 Å². The van der Waals surface area contributed by atoms with Crippen LogP contribution in [0.1, 0.15) is 36.2 Å². The summed E-state index contributed by atoms with van der Waals surface area (Å²) in [7, 11) is 0. The van der Waals surface area contributed by atoms with Crippen molar-refractivity contribution in [2.75, 3.05) is 6.54 Å². The predicted molar refractivity (Wildman–Crippen MR) is 100 cm³/mol. The molecule has 0 aliphatic rings. The van der Waals surface area contributed by atoms with Gasteiger partial charge in [-0.1, -0.05) is 62.4 Å². The van der Waals surface area contributed by atoms with E-state index >= 15 is 0 Å². The number of hydrogen-bond donors (Lipinski definition) is 2. The Labute approximate surface area is 149 Å². The SMILES string of the molecule is CC(C)C(NC(=O)c1ccccc1)C(=O)NCCCc1ccccc1. The molecule has 2 amide bonds. The van der Waals surface area contributed by atoms with Gasteiger partial charge in [-0.2, -0.15) is 0 Å². The third kappa shape index (κ3) is 6.07. The molecule has 2 aromatic carbocycles. The third-order valence-electron chi connectivity index (χ3n) is 4.06. The second kappa shape index (κ2) is 9.62. The highest BCUT2D eigenvalue weighted by atomic mass is 16.2. The number of carbonyl (C=O) groups excluding carboxylic acids is 2. The second-order valence-corrected chi connectivity index (χ2v) is 6.44. The summed E-state index contributed by atoms with van der Waals surface area (Å²) in [6.45, 7) is 4.46. The fourth-order valence-corrected chi connectivity index (χ4v) is 2.61. The van der Waals surface area contributed by atoms with Crippen LogP contribution in [0.3, 0.4) is 0 Å². The van der Waals surface area contributed by atoms with E-state index in [2.05, 4.69) is 22.8 Å². The van der Waals surface area contributed by atoms with Gasteiger partial charge in [0.25, 0.3) is 5.91 Å². The van der Waals surface area contributed by atoms with E-state index in [-0.39, 0.29) is 17.7 Å². The van der Waals surface area contributed by atoms with Gasteiger partial charge < -0.3 is 10.6 Å². The molecule has 0 aliphatic heterocycles. The summed E-state index contributed by atoms with van der Waals surface area (Å²) in [6, 6.07) is 18.6. The van der Waals surface area contributed by atoms with E-state index in [0.717, 1.165) is 12.8 Å². The fourth-order valence-electron chi connectivity index (χ4n) is 2.61. The molecule has 132 valence electrons. The van der Waals surface area contributed by atoms with E-state index in [0.29, 0.717) is 12.1 Å². The van der Waals surface area contributed by atoms with Crippen LogP contribution >= 0.6 is 0 Å². The lowest BCUT2D eigenvalue weighted by molar-refractivity contribution is -0.123. The summed E-state index contributed by atoms with van der Waals surface area (Å²) in [5.74, 6) is -0.340. The maximum Gasteiger partial charge on any atom is 0.251 e. The van der Waals surface area contributed by atoms with Crippen LogP contribution in [-0.4, -0.2) is 24.4 Å². The molecule has 0 bridgehead atoms. The van der Waals surface area contributed by atoms with Crippen molar-refractivity contribution in [2.24, 2.45) is 5.92 Å². The number of benzene rings is 2. The fraction of sp³-hybridized carbons (Fsp3) is 0.333. The van der Waals surface area contributed by atoms with Crippen molar-refractivity contribution >= 4 is 11.8 Å². The number of amides is 2. The van der Waals surface area contributed by atoms with Gasteiger partial charge in [0.2, 0.25) is 5.91 Å². The maximum absolute atomic E-state index is 12.4. The van der Waals surface area contributed by atoms with Gasteiger partial charge in [0, 0.05) is 12.1 Å². The molecular weight excluding hydrogens is 312 g/mol. The van der Waals surface area contributed by atoms with Crippen molar-refractivity contribution in [1.29, 1.82) is 0 Å². The van der Waals surface area contributed by atoms with Crippen LogP contribution in [0.2, 0.25) is 0 Å². The molecule has 2 N–H and O–H groups in total. The van der Waals surface area contributed by atoms with Gasteiger partial charge in [0.1, 0.15) is 6.04 Å². The van der Waals surface area contributed by atoms with Crippen LogP contribution in [0.5, 0.6) is 0 Å². The monoisotopic (exact) mass is 338 g/mol. The van der Waals surface area contributed by atoms with E-state index < -0.39 is 6.04 Å². The van der Waals surface area contributed by atoms with E-state index in [4.69, 9.17) is 0 Å². The molecule has 0 saturated carbocycles. The first-order chi connectivity index (χ1) is 12.1. The zero-order valence-corrected chi connectivity index (χ0v) is 14.9. The zero-order chi connectivity index (χ0) is 18.1. The van der Waals surface area contributed by atoms with E-state index in [9.17, 15) is 9.59 Å². The molecule has 0 radical (unpaired) electrons. The van der Waals surface area contributed by atoms with Gasteiger partial charge in [-0.3, -0.25) is 9.59 Å². The van der Waals surface area contributed by atoms with Crippen LogP contribution in [0.4, 0.5) is 0 Å². The largest absolute Gasteiger partial charge is 0.354 e. The van der Waals surface area contributed by atoms with Crippen molar-refractivity contribution in [3.63, 3.8) is 0 Å². The molecule has 2 aromatic rings. The highest BCUT2D eigenvalue weighted by Gasteiger charge is 2.24. The van der Waals surface area contributed by atoms with Crippen LogP contribution in [0.25, 0.3) is 0 Å². The molecule has 0 saturated heterocycles. The Morgan fingerprint density at radius 2 is 1.52 bits per heavy atom. The molecule has 4 heteroatoms. The topological polar surface area (TPSA) is 58.2 Å². The van der Waals surface area contributed by atoms with Crippen molar-refractivity contribution in [2.45, 2.75) is 32.7 Å². The lowest BCUT2D eigenvalue weighted by atomic mass is 10.0. The summed E-state index contributed by atoms with van der Waals surface area (Å²) >= 11 is 0. The molecule has 0 heterocycles. The molecule has 4 nitrogen and oxygen atoms in total. The van der Waals surface area contributed by atoms with Gasteiger partial charge in [0.15, 0.2) is 0 Å². The summed E-state index contributed by atoms with van der Waals surface area (Å²) < 4.78 is 0. The molecule has 0 aliphatic carbocycles. The van der Waals surface area contributed by atoms with Gasteiger partial charge in [0.05, 0.1) is 0 Å². The van der Waals surface area contributed by atoms with Crippen molar-refractivity contribution in [1.82, 2.24) is 10.6 Å². The van der Waals surface area contributed by atoms with Crippen LogP contribution in [0, 0.1) is 5.92 Å². The summed E-state index contributed by atoms with van der Waals surface area (Å²) in [5.41, 5.74) is 1.82. The minimum absolute atomic E-state index is 0.0155. The highest BCUT2D eigenvalue weighted by molar-refractivity contribution is 5.97. The van der Waals surface area contributed by atoms with Gasteiger partial charge in [-0.05, 0) is 36.5 Å². The molecule has 0 aromatic heterocycles. The summed E-state index contributed by atoms with van der Waals surface area (Å²) in [5, 5.41) is 5.78. The van der Waals surface area contributed by atoms with Gasteiger partial charge in [-0.15, -0.1) is 0 Å². The molecule has 2 rings (SSSR count). The van der Waals surface area contributed by atoms with Crippen LogP contribution in [-0.2, 0) is 11.2 Å². The van der Waals surface area contributed by atoms with Gasteiger partial charge >= 0.3 is 0 Å². The van der Waals surface area contributed by atoms with Crippen molar-refractivity contribution in [3.8, 4) is 0 Å². The second-order valence-electron chi connectivity index (χ2n) is 6.44. The first-order valence-electron chi connectivity index (χ1n) is 8.75. The minimum atomic E-state index is -0.538. The van der Waals surface area contributed by atoms with Crippen molar-refractivity contribution < 1.29 is 9.59 Å². The first-order valence-corrected chi connectivity index (χ1v) is 8.75. The standard InChI is InChI=1S/C21H26N2O2/c1-16(2)19(23-20(24)18-13-7-4-8-14-18)21(25)22-15-9-12-17-10-5-3-6-11-17/h3-8,10-11,13-14,16,19H,9,12,15H2,1-2H3,(H,22,25)(H,23,24). The number of aryl methyl sites for hydroxylation is 1. The molecule has 0 fully saturated rings. The summed E-state index contributed by atoms with van der Waals surface area (Å²) in [6.07, 6.45) is 1.79. The Bertz CT molecular complexity index is 669. The van der Waals surface area contributed by atoms with Crippen molar-refractivity contribution in [3.05, 3.63) is 71.8 Å². The molecule has 0 spiro atoms. The first kappa shape index (κ1) is 18.7. The number of rotatable bonds is 8. The Kier molecular flexibility index (Phi) is 7.20. The Morgan fingerprint density at radius 1 is 0.920 bits per heavy atom. The van der Waals surface area contributed by atoms with E-state index in [1.54, 1.807) is 12.1 Å². The predicted octanol–water partition coefficient (Wildman–Crippen LogP) is 3.19. The lowest BCUT2D eigenvalue weighted by Crippen LogP contribution is -2.49. The molecule has 1 atom stereocenters. The number of carbonyl (C=O) groups is 2. The Balaban J connectivity index is 1.82. The Morgan fingerprint density at radius 3 is 2.12 bits per heavy atom. The number of hydrogen-bond acceptors (Lipinski definition) is 2. The number of nitrogens with one attached hydrogen (secondary N) is 2. The highest BCUT2D eigenvalue weighted by Crippen LogP contribution is 2.06. The third-order valence-corrected chi connectivity index (χ3v) is 4.06. The average molecular weight is 338 g/mol. The quantitative estimate of drug-likeness (QED) is 0.726. The smallest absolute Gasteiger partial charge is 0.251 e. The van der Waals surface area contributed by atoms with E-state index in [1.165, 1.54) is 5.56 Å². The molecular formula is C21H26N2O2. The maximum atomic E-state index is 12.4. The molecule has 25 heavy (non-hydrogen) atoms. The van der Waals surface area contributed by atoms with Crippen LogP contribution in [0.15, 0.2) is 60.7 Å².